The Morgan fingerprint density at radius 3 is 2.68 bits per heavy atom. The minimum atomic E-state index is -0.811. The molecule has 5 nitrogen and oxygen atoms in total. The summed E-state index contributed by atoms with van der Waals surface area (Å²) in [5.74, 6) is 1.39. The van der Waals surface area contributed by atoms with Crippen LogP contribution in [-0.4, -0.2) is 33.9 Å². The van der Waals surface area contributed by atoms with Crippen LogP contribution in [0, 0.1) is 22.7 Å². The summed E-state index contributed by atoms with van der Waals surface area (Å²) in [5.41, 5.74) is 1.70. The van der Waals surface area contributed by atoms with Crippen molar-refractivity contribution in [3.8, 4) is 5.75 Å². The van der Waals surface area contributed by atoms with Gasteiger partial charge in [0.1, 0.15) is 11.4 Å². The lowest BCUT2D eigenvalue weighted by Gasteiger charge is -2.67. The first-order valence-corrected chi connectivity index (χ1v) is 10.6. The molecule has 2 saturated carbocycles. The maximum Gasteiger partial charge on any atom is 0.252 e. The largest absolute Gasteiger partial charge is 0.486 e. The second kappa shape index (κ2) is 5.51. The summed E-state index contributed by atoms with van der Waals surface area (Å²) in [5, 5.41) is 24.6. The van der Waals surface area contributed by atoms with Gasteiger partial charge in [-0.15, -0.1) is 0 Å². The summed E-state index contributed by atoms with van der Waals surface area (Å²) < 4.78 is 6.98. The topological polar surface area (TPSA) is 78.8 Å². The smallest absolute Gasteiger partial charge is 0.252 e. The second-order valence-corrected chi connectivity index (χ2v) is 10.4. The van der Waals surface area contributed by atoms with Crippen molar-refractivity contribution in [3.63, 3.8) is 0 Å². The molecule has 1 aromatic carbocycles. The van der Waals surface area contributed by atoms with E-state index in [0.717, 1.165) is 36.1 Å². The number of ether oxygens (including phenoxy) is 1. The molecule has 0 bridgehead atoms. The fourth-order valence-corrected chi connectivity index (χ4v) is 6.98. The van der Waals surface area contributed by atoms with E-state index in [1.54, 1.807) is 0 Å². The van der Waals surface area contributed by atoms with Crippen molar-refractivity contribution in [2.75, 3.05) is 0 Å². The maximum atomic E-state index is 12.2. The van der Waals surface area contributed by atoms with Gasteiger partial charge in [0.2, 0.25) is 0 Å². The molecule has 28 heavy (non-hydrogen) atoms. The predicted molar refractivity (Wildman–Crippen MR) is 105 cm³/mol. The molecule has 1 spiro atoms. The van der Waals surface area contributed by atoms with Crippen LogP contribution in [-0.2, 0) is 13.0 Å². The number of nitrogens with one attached hydrogen (secondary N) is 1. The Balaban J connectivity index is 1.72. The fraction of sp³-hybridized carbons (Fsp3) is 0.696. The lowest BCUT2D eigenvalue weighted by Crippen LogP contribution is -2.73. The maximum absolute atomic E-state index is 12.2. The average Bonchev–Trinajstić information content (AvgIpc) is 3.01. The van der Waals surface area contributed by atoms with Gasteiger partial charge in [-0.2, -0.15) is 0 Å². The van der Waals surface area contributed by atoms with Crippen LogP contribution >= 0.6 is 0 Å². The predicted octanol–water partition coefficient (Wildman–Crippen LogP) is 2.81. The molecular formula is C23H31NO4. The van der Waals surface area contributed by atoms with E-state index in [9.17, 15) is 15.0 Å². The van der Waals surface area contributed by atoms with E-state index in [4.69, 9.17) is 4.74 Å². The zero-order valence-electron chi connectivity index (χ0n) is 17.2. The highest BCUT2D eigenvalue weighted by Crippen LogP contribution is 2.66. The third kappa shape index (κ3) is 2.02. The summed E-state index contributed by atoms with van der Waals surface area (Å²) >= 11 is 0. The Kier molecular flexibility index (Phi) is 3.63. The number of aliphatic hydroxyl groups excluding tert-OH is 2. The highest BCUT2D eigenvalue weighted by molar-refractivity contribution is 5.99. The SMILES string of the molecule is CC1CCC2C(C)(C)C(O)C(O)CC23Oc2c(ccc4c2CNC4=O)CC13C. The lowest BCUT2D eigenvalue weighted by atomic mass is 9.43. The highest BCUT2D eigenvalue weighted by atomic mass is 16.5. The molecule has 2 aliphatic heterocycles. The summed E-state index contributed by atoms with van der Waals surface area (Å²) in [6.07, 6.45) is 1.83. The third-order valence-electron chi connectivity index (χ3n) is 8.90. The normalized spacial score (nSPS) is 43.1. The number of hydrogen-bond donors (Lipinski definition) is 3. The molecular weight excluding hydrogens is 354 g/mol. The van der Waals surface area contributed by atoms with Crippen molar-refractivity contribution >= 4 is 5.91 Å². The van der Waals surface area contributed by atoms with Crippen molar-refractivity contribution in [1.29, 1.82) is 0 Å². The highest BCUT2D eigenvalue weighted by Gasteiger charge is 2.69. The Hall–Kier alpha value is -1.59. The number of benzene rings is 1. The number of carbonyl (C=O) groups excluding carboxylic acids is 1. The van der Waals surface area contributed by atoms with E-state index >= 15 is 0 Å². The molecule has 2 fully saturated rings. The lowest BCUT2D eigenvalue weighted by molar-refractivity contribution is -0.260. The number of aliphatic hydroxyl groups is 2. The van der Waals surface area contributed by atoms with E-state index in [1.807, 2.05) is 12.1 Å². The van der Waals surface area contributed by atoms with Gasteiger partial charge in [-0.1, -0.05) is 33.8 Å². The minimum Gasteiger partial charge on any atom is -0.486 e. The van der Waals surface area contributed by atoms with Crippen molar-refractivity contribution in [2.24, 2.45) is 22.7 Å². The Morgan fingerprint density at radius 2 is 1.93 bits per heavy atom. The molecule has 152 valence electrons. The average molecular weight is 386 g/mol. The Labute approximate surface area is 166 Å². The van der Waals surface area contributed by atoms with Gasteiger partial charge in [0.05, 0.1) is 12.2 Å². The van der Waals surface area contributed by atoms with Crippen LogP contribution in [0.3, 0.4) is 0 Å². The van der Waals surface area contributed by atoms with Gasteiger partial charge in [-0.3, -0.25) is 4.79 Å². The molecule has 5 rings (SSSR count). The zero-order chi connectivity index (χ0) is 20.1. The van der Waals surface area contributed by atoms with Crippen LogP contribution in [0.5, 0.6) is 5.75 Å². The molecule has 1 aromatic rings. The van der Waals surface area contributed by atoms with Crippen LogP contribution in [0.15, 0.2) is 12.1 Å². The number of carbonyl (C=O) groups is 1. The molecule has 1 amide bonds. The quantitative estimate of drug-likeness (QED) is 0.642. The molecule has 2 aliphatic carbocycles. The van der Waals surface area contributed by atoms with E-state index in [2.05, 4.69) is 33.0 Å². The van der Waals surface area contributed by atoms with Gasteiger partial charge in [-0.25, -0.2) is 0 Å². The molecule has 6 unspecified atom stereocenters. The van der Waals surface area contributed by atoms with Crippen LogP contribution in [0.2, 0.25) is 0 Å². The Morgan fingerprint density at radius 1 is 1.18 bits per heavy atom. The van der Waals surface area contributed by atoms with E-state index in [0.29, 0.717) is 24.4 Å². The fourth-order valence-electron chi connectivity index (χ4n) is 6.98. The van der Waals surface area contributed by atoms with Gasteiger partial charge >= 0.3 is 0 Å². The third-order valence-corrected chi connectivity index (χ3v) is 8.90. The summed E-state index contributed by atoms with van der Waals surface area (Å²) in [6.45, 7) is 9.25. The van der Waals surface area contributed by atoms with E-state index in [-0.39, 0.29) is 17.2 Å². The first kappa shape index (κ1) is 18.4. The van der Waals surface area contributed by atoms with Gasteiger partial charge in [-0.05, 0) is 42.2 Å². The van der Waals surface area contributed by atoms with E-state index in [1.165, 1.54) is 0 Å². The minimum absolute atomic E-state index is 0.0415. The molecule has 4 aliphatic rings. The monoisotopic (exact) mass is 385 g/mol. The number of rotatable bonds is 0. The zero-order valence-corrected chi connectivity index (χ0v) is 17.2. The molecule has 0 radical (unpaired) electrons. The molecule has 0 aromatic heterocycles. The van der Waals surface area contributed by atoms with E-state index < -0.39 is 23.2 Å². The van der Waals surface area contributed by atoms with Gasteiger partial charge in [0.25, 0.3) is 5.91 Å². The molecule has 6 atom stereocenters. The molecule has 5 heteroatoms. The first-order chi connectivity index (χ1) is 13.1. The molecule has 2 heterocycles. The van der Waals surface area contributed by atoms with Gasteiger partial charge in [0, 0.05) is 35.4 Å². The van der Waals surface area contributed by atoms with Crippen molar-refractivity contribution in [3.05, 3.63) is 28.8 Å². The summed E-state index contributed by atoms with van der Waals surface area (Å²) in [6, 6.07) is 3.97. The second-order valence-electron chi connectivity index (χ2n) is 10.4. The number of fused-ring (bicyclic) bond motifs is 3. The summed E-state index contributed by atoms with van der Waals surface area (Å²) in [7, 11) is 0. The standard InChI is InChI=1S/C23H31NO4/c1-12-5-8-17-21(2,3)19(26)16(25)10-23(17)22(12,4)9-13-6-7-14-15(18(13)28-23)11-24-20(14)27/h6-7,12,16-17,19,25-26H,5,8-11H2,1-4H3,(H,24,27). The van der Waals surface area contributed by atoms with Crippen LogP contribution in [0.1, 0.15) is 68.4 Å². The van der Waals surface area contributed by atoms with Crippen LogP contribution < -0.4 is 10.1 Å². The number of amides is 1. The van der Waals surface area contributed by atoms with Gasteiger partial charge < -0.3 is 20.3 Å². The van der Waals surface area contributed by atoms with Gasteiger partial charge in [0.15, 0.2) is 0 Å². The number of hydrogen-bond acceptors (Lipinski definition) is 4. The van der Waals surface area contributed by atoms with Crippen LogP contribution in [0.25, 0.3) is 0 Å². The molecule has 0 saturated heterocycles. The Bertz CT molecular complexity index is 864. The van der Waals surface area contributed by atoms with Crippen LogP contribution in [0.4, 0.5) is 0 Å². The summed E-state index contributed by atoms with van der Waals surface area (Å²) in [4.78, 5) is 12.2. The van der Waals surface area contributed by atoms with Crippen molar-refractivity contribution in [1.82, 2.24) is 5.32 Å². The molecule has 3 N–H and O–H groups in total. The van der Waals surface area contributed by atoms with Crippen molar-refractivity contribution in [2.45, 2.75) is 77.7 Å². The first-order valence-electron chi connectivity index (χ1n) is 10.6. The van der Waals surface area contributed by atoms with Crippen molar-refractivity contribution < 1.29 is 19.7 Å².